The molecule has 0 aliphatic carbocycles. The van der Waals surface area contributed by atoms with Gasteiger partial charge in [-0.3, -0.25) is 9.59 Å². The van der Waals surface area contributed by atoms with Gasteiger partial charge >= 0.3 is 0 Å². The molecule has 0 radical (unpaired) electrons. The van der Waals surface area contributed by atoms with E-state index in [2.05, 4.69) is 34.4 Å². The van der Waals surface area contributed by atoms with E-state index in [0.29, 0.717) is 40.2 Å². The van der Waals surface area contributed by atoms with Crippen molar-refractivity contribution in [1.82, 2.24) is 15.2 Å². The SMILES string of the molecule is CCN(CC)CCNC(=O)c1c(C)[nH]c(/C=C2\C(=O)Nc3cccc(-c4ccc(F)c(Cl)c4)c32)c1C. The fraction of sp³-hybridized carbons (Fsp3) is 0.286. The molecule has 4 rings (SSSR count). The topological polar surface area (TPSA) is 77.2 Å². The van der Waals surface area contributed by atoms with E-state index in [1.807, 2.05) is 32.0 Å². The lowest BCUT2D eigenvalue weighted by molar-refractivity contribution is -0.110. The van der Waals surface area contributed by atoms with Gasteiger partial charge in [0.2, 0.25) is 0 Å². The lowest BCUT2D eigenvalue weighted by Crippen LogP contribution is -2.35. The number of hydrogen-bond donors (Lipinski definition) is 3. The number of benzene rings is 2. The Bertz CT molecular complexity index is 1360. The van der Waals surface area contributed by atoms with Crippen LogP contribution in [0.2, 0.25) is 5.02 Å². The number of anilines is 1. The molecule has 1 aliphatic rings. The van der Waals surface area contributed by atoms with Crippen molar-refractivity contribution in [2.24, 2.45) is 0 Å². The number of amides is 2. The number of aromatic amines is 1. The van der Waals surface area contributed by atoms with Gasteiger partial charge < -0.3 is 20.5 Å². The van der Waals surface area contributed by atoms with E-state index >= 15 is 0 Å². The van der Waals surface area contributed by atoms with Crippen LogP contribution in [0.25, 0.3) is 22.8 Å². The van der Waals surface area contributed by atoms with Crippen molar-refractivity contribution >= 4 is 40.8 Å². The van der Waals surface area contributed by atoms with Gasteiger partial charge in [-0.2, -0.15) is 0 Å². The van der Waals surface area contributed by atoms with Crippen LogP contribution in [0.3, 0.4) is 0 Å². The maximum absolute atomic E-state index is 13.8. The van der Waals surface area contributed by atoms with E-state index < -0.39 is 5.82 Å². The first-order valence-electron chi connectivity index (χ1n) is 12.1. The highest BCUT2D eigenvalue weighted by atomic mass is 35.5. The molecule has 3 N–H and O–H groups in total. The Balaban J connectivity index is 1.68. The molecule has 3 aromatic rings. The summed E-state index contributed by atoms with van der Waals surface area (Å²) >= 11 is 6.03. The average Bonchev–Trinajstić information content (AvgIpc) is 3.33. The number of carbonyl (C=O) groups is 2. The average molecular weight is 509 g/mol. The molecule has 2 amide bonds. The summed E-state index contributed by atoms with van der Waals surface area (Å²) in [5.74, 6) is -0.892. The van der Waals surface area contributed by atoms with E-state index in [1.54, 1.807) is 18.2 Å². The zero-order chi connectivity index (χ0) is 26.0. The lowest BCUT2D eigenvalue weighted by Gasteiger charge is -2.18. The van der Waals surface area contributed by atoms with E-state index in [4.69, 9.17) is 11.6 Å². The number of rotatable bonds is 8. The molecule has 0 bridgehead atoms. The second kappa shape index (κ2) is 10.7. The van der Waals surface area contributed by atoms with Crippen molar-refractivity contribution in [3.8, 4) is 11.1 Å². The molecule has 0 fully saturated rings. The first-order chi connectivity index (χ1) is 17.2. The number of nitrogens with zero attached hydrogens (tertiary/aromatic N) is 1. The number of halogens is 2. The molecule has 1 aromatic heterocycles. The number of H-pyrrole nitrogens is 1. The van der Waals surface area contributed by atoms with Crippen molar-refractivity contribution in [1.29, 1.82) is 0 Å². The monoisotopic (exact) mass is 508 g/mol. The molecule has 36 heavy (non-hydrogen) atoms. The van der Waals surface area contributed by atoms with Crippen LogP contribution in [-0.2, 0) is 4.79 Å². The van der Waals surface area contributed by atoms with Crippen LogP contribution in [-0.4, -0.2) is 47.9 Å². The number of likely N-dealkylation sites (N-methyl/N-ethyl adjacent to an activating group) is 1. The Hall–Kier alpha value is -3.42. The molecule has 0 spiro atoms. The Morgan fingerprint density at radius 3 is 2.61 bits per heavy atom. The fourth-order valence-electron chi connectivity index (χ4n) is 4.65. The Kier molecular flexibility index (Phi) is 7.62. The maximum Gasteiger partial charge on any atom is 0.256 e. The first kappa shape index (κ1) is 25.7. The highest BCUT2D eigenvalue weighted by Gasteiger charge is 2.28. The van der Waals surface area contributed by atoms with Gasteiger partial charge in [0.1, 0.15) is 5.82 Å². The largest absolute Gasteiger partial charge is 0.358 e. The molecule has 1 aliphatic heterocycles. The van der Waals surface area contributed by atoms with Crippen LogP contribution in [0.15, 0.2) is 36.4 Å². The van der Waals surface area contributed by atoms with Gasteiger partial charge in [0, 0.05) is 35.7 Å². The summed E-state index contributed by atoms with van der Waals surface area (Å²) in [6.45, 7) is 11.1. The van der Waals surface area contributed by atoms with Gasteiger partial charge in [-0.1, -0.05) is 43.6 Å². The third kappa shape index (κ3) is 4.94. The van der Waals surface area contributed by atoms with Gasteiger partial charge in [0.25, 0.3) is 11.8 Å². The second-order valence-corrected chi connectivity index (χ2v) is 9.22. The zero-order valence-electron chi connectivity index (χ0n) is 20.9. The molecule has 6 nitrogen and oxygen atoms in total. The minimum Gasteiger partial charge on any atom is -0.358 e. The summed E-state index contributed by atoms with van der Waals surface area (Å²) < 4.78 is 13.8. The third-order valence-electron chi connectivity index (χ3n) is 6.66. The van der Waals surface area contributed by atoms with Crippen LogP contribution in [0, 0.1) is 19.7 Å². The van der Waals surface area contributed by atoms with E-state index in [9.17, 15) is 14.0 Å². The summed E-state index contributed by atoms with van der Waals surface area (Å²) in [5, 5.41) is 5.93. The van der Waals surface area contributed by atoms with Crippen LogP contribution < -0.4 is 10.6 Å². The van der Waals surface area contributed by atoms with Crippen molar-refractivity contribution in [3.63, 3.8) is 0 Å². The van der Waals surface area contributed by atoms with Gasteiger partial charge in [0.15, 0.2) is 0 Å². The number of fused-ring (bicyclic) bond motifs is 1. The predicted molar refractivity (Wildman–Crippen MR) is 144 cm³/mol. The summed E-state index contributed by atoms with van der Waals surface area (Å²) in [5.41, 5.74) is 6.06. The van der Waals surface area contributed by atoms with Gasteiger partial charge in [-0.25, -0.2) is 4.39 Å². The molecule has 0 unspecified atom stereocenters. The summed E-state index contributed by atoms with van der Waals surface area (Å²) in [4.78, 5) is 31.5. The molecule has 0 saturated heterocycles. The van der Waals surface area contributed by atoms with Crippen LogP contribution in [0.1, 0.15) is 46.7 Å². The Labute approximate surface area is 215 Å². The number of hydrogen-bond acceptors (Lipinski definition) is 3. The fourth-order valence-corrected chi connectivity index (χ4v) is 4.83. The van der Waals surface area contributed by atoms with Crippen molar-refractivity contribution in [2.75, 3.05) is 31.5 Å². The maximum atomic E-state index is 13.8. The normalized spacial score (nSPS) is 13.9. The molecular formula is C28H30ClFN4O2. The molecular weight excluding hydrogens is 479 g/mol. The molecule has 2 aromatic carbocycles. The summed E-state index contributed by atoms with van der Waals surface area (Å²) in [6, 6.07) is 10.0. The highest BCUT2D eigenvalue weighted by Crippen LogP contribution is 2.41. The van der Waals surface area contributed by atoms with Gasteiger partial charge in [-0.15, -0.1) is 0 Å². The Morgan fingerprint density at radius 1 is 1.17 bits per heavy atom. The van der Waals surface area contributed by atoms with Gasteiger partial charge in [-0.05, 0) is 67.9 Å². The lowest BCUT2D eigenvalue weighted by atomic mass is 9.94. The zero-order valence-corrected chi connectivity index (χ0v) is 21.6. The summed E-state index contributed by atoms with van der Waals surface area (Å²) in [7, 11) is 0. The number of aromatic nitrogens is 1. The van der Waals surface area contributed by atoms with E-state index in [1.165, 1.54) is 6.07 Å². The van der Waals surface area contributed by atoms with Crippen LogP contribution in [0.5, 0.6) is 0 Å². The summed E-state index contributed by atoms with van der Waals surface area (Å²) in [6.07, 6.45) is 1.77. The van der Waals surface area contributed by atoms with Gasteiger partial charge in [0.05, 0.1) is 16.2 Å². The second-order valence-electron chi connectivity index (χ2n) is 8.82. The van der Waals surface area contributed by atoms with Crippen molar-refractivity contribution in [3.05, 3.63) is 75.3 Å². The minimum absolute atomic E-state index is 0.0143. The van der Waals surface area contributed by atoms with E-state index in [0.717, 1.165) is 36.5 Å². The minimum atomic E-state index is -0.502. The smallest absolute Gasteiger partial charge is 0.256 e. The molecule has 0 atom stereocenters. The quantitative estimate of drug-likeness (QED) is 0.344. The van der Waals surface area contributed by atoms with Crippen molar-refractivity contribution in [2.45, 2.75) is 27.7 Å². The van der Waals surface area contributed by atoms with E-state index in [-0.39, 0.29) is 16.8 Å². The molecule has 2 heterocycles. The van der Waals surface area contributed by atoms with Crippen LogP contribution in [0.4, 0.5) is 10.1 Å². The highest BCUT2D eigenvalue weighted by molar-refractivity contribution is 6.36. The molecule has 8 heteroatoms. The van der Waals surface area contributed by atoms with Crippen LogP contribution >= 0.6 is 11.6 Å². The third-order valence-corrected chi connectivity index (χ3v) is 6.95. The number of nitrogens with one attached hydrogen (secondary N) is 3. The number of carbonyl (C=O) groups excluding carboxylic acids is 2. The first-order valence-corrected chi connectivity index (χ1v) is 12.4. The Morgan fingerprint density at radius 2 is 1.92 bits per heavy atom. The molecule has 0 saturated carbocycles. The predicted octanol–water partition coefficient (Wildman–Crippen LogP) is 5.66. The van der Waals surface area contributed by atoms with Crippen molar-refractivity contribution < 1.29 is 14.0 Å². The molecule has 188 valence electrons. The number of aryl methyl sites for hydroxylation is 1. The standard InChI is InChI=1S/C28H30ClFN4O2/c1-5-34(6-2)13-12-31-28(36)25-16(3)24(32-17(25)4)15-20-26-19(8-7-9-23(26)33-27(20)35)18-10-11-22(30)21(29)14-18/h7-11,14-15,32H,5-6,12-13H2,1-4H3,(H,31,36)(H,33,35)/b20-15-.